The van der Waals surface area contributed by atoms with Gasteiger partial charge in [0.15, 0.2) is 0 Å². The van der Waals surface area contributed by atoms with E-state index in [0.29, 0.717) is 17.3 Å². The topological polar surface area (TPSA) is 51.0 Å². The molecule has 6 heteroatoms. The first-order chi connectivity index (χ1) is 10.6. The van der Waals surface area contributed by atoms with Crippen LogP contribution in [0.4, 0.5) is 10.1 Å². The molecule has 0 aliphatic rings. The summed E-state index contributed by atoms with van der Waals surface area (Å²) in [6, 6.07) is 13.9. The van der Waals surface area contributed by atoms with Gasteiger partial charge in [0.25, 0.3) is 0 Å². The van der Waals surface area contributed by atoms with E-state index in [2.05, 4.69) is 38.1 Å². The van der Waals surface area contributed by atoms with Crippen LogP contribution in [0.3, 0.4) is 0 Å². The van der Waals surface area contributed by atoms with Crippen molar-refractivity contribution in [2.24, 2.45) is 0 Å². The van der Waals surface area contributed by atoms with Crippen LogP contribution in [0.2, 0.25) is 0 Å². The van der Waals surface area contributed by atoms with Gasteiger partial charge in [0.05, 0.1) is 0 Å². The number of anilines is 1. The predicted molar refractivity (Wildman–Crippen MR) is 90.9 cm³/mol. The molecule has 0 saturated heterocycles. The Hall–Kier alpha value is -1.96. The summed E-state index contributed by atoms with van der Waals surface area (Å²) in [4.78, 5) is 0. The van der Waals surface area contributed by atoms with Crippen LogP contribution in [0.1, 0.15) is 18.9 Å². The molecule has 4 nitrogen and oxygen atoms in total. The Balaban J connectivity index is 1.75. The van der Waals surface area contributed by atoms with Crippen molar-refractivity contribution < 1.29 is 8.81 Å². The monoisotopic (exact) mass is 409 g/mol. The van der Waals surface area contributed by atoms with Gasteiger partial charge in [-0.1, -0.05) is 0 Å². The van der Waals surface area contributed by atoms with Crippen molar-refractivity contribution in [3.8, 4) is 11.5 Å². The Morgan fingerprint density at radius 2 is 1.73 bits per heavy atom. The fourth-order valence-corrected chi connectivity index (χ4v) is 2.34. The van der Waals surface area contributed by atoms with Crippen molar-refractivity contribution in [3.05, 3.63) is 63.8 Å². The number of hydrogen-bond donors (Lipinski definition) is 1. The molecular weight excluding hydrogens is 396 g/mol. The highest BCUT2D eigenvalue weighted by atomic mass is 127. The second-order valence-corrected chi connectivity index (χ2v) is 6.07. The summed E-state index contributed by atoms with van der Waals surface area (Å²) in [5.74, 6) is 0.571. The van der Waals surface area contributed by atoms with E-state index in [1.165, 1.54) is 15.7 Å². The van der Waals surface area contributed by atoms with Gasteiger partial charge >= 0.3 is 0 Å². The molecule has 0 aliphatic carbocycles. The van der Waals surface area contributed by atoms with Gasteiger partial charge in [0.1, 0.15) is 11.9 Å². The Bertz CT molecular complexity index is 756. The van der Waals surface area contributed by atoms with Gasteiger partial charge in [-0.3, -0.25) is 0 Å². The third-order valence-electron chi connectivity index (χ3n) is 3.13. The highest BCUT2D eigenvalue weighted by molar-refractivity contribution is 14.1. The number of halogens is 2. The van der Waals surface area contributed by atoms with Crippen LogP contribution in [-0.2, 0) is 0 Å². The summed E-state index contributed by atoms with van der Waals surface area (Å²) >= 11 is 2.26. The average molecular weight is 409 g/mol. The van der Waals surface area contributed by atoms with Gasteiger partial charge < -0.3 is 9.73 Å². The molecule has 0 radical (unpaired) electrons. The molecule has 1 unspecified atom stereocenters. The zero-order valence-electron chi connectivity index (χ0n) is 11.8. The fraction of sp³-hybridized carbons (Fsp3) is 0.125. The molecule has 0 amide bonds. The van der Waals surface area contributed by atoms with Gasteiger partial charge in [-0.2, -0.15) is 0 Å². The number of rotatable bonds is 4. The molecule has 3 rings (SSSR count). The lowest BCUT2D eigenvalue weighted by Gasteiger charge is -2.11. The minimum absolute atomic E-state index is 0.123. The van der Waals surface area contributed by atoms with E-state index in [4.69, 9.17) is 4.42 Å². The summed E-state index contributed by atoms with van der Waals surface area (Å²) in [5, 5.41) is 11.4. The van der Waals surface area contributed by atoms with E-state index in [9.17, 15) is 4.39 Å². The fourth-order valence-electron chi connectivity index (χ4n) is 1.98. The number of benzene rings is 2. The SMILES string of the molecule is CC(Nc1ccc(I)cc1)c1nnc(-c2ccc(F)cc2)o1. The molecule has 22 heavy (non-hydrogen) atoms. The quantitative estimate of drug-likeness (QED) is 0.638. The van der Waals surface area contributed by atoms with Crippen LogP contribution in [0.15, 0.2) is 52.9 Å². The summed E-state index contributed by atoms with van der Waals surface area (Å²) in [7, 11) is 0. The Labute approximate surface area is 140 Å². The Kier molecular flexibility index (Phi) is 4.37. The van der Waals surface area contributed by atoms with Crippen LogP contribution in [0.5, 0.6) is 0 Å². The average Bonchev–Trinajstić information content (AvgIpc) is 3.00. The van der Waals surface area contributed by atoms with E-state index in [1.54, 1.807) is 12.1 Å². The lowest BCUT2D eigenvalue weighted by molar-refractivity contribution is 0.485. The molecule has 0 saturated carbocycles. The Morgan fingerprint density at radius 1 is 1.05 bits per heavy atom. The molecular formula is C16H13FIN3O. The number of aromatic nitrogens is 2. The predicted octanol–water partition coefficient (Wildman–Crippen LogP) is 4.65. The zero-order chi connectivity index (χ0) is 15.5. The standard InChI is InChI=1S/C16H13FIN3O/c1-10(19-14-8-6-13(18)7-9-14)15-20-21-16(22-15)11-2-4-12(17)5-3-11/h2-10,19H,1H3. The first kappa shape index (κ1) is 15.0. The minimum Gasteiger partial charge on any atom is -0.418 e. The van der Waals surface area contributed by atoms with E-state index < -0.39 is 0 Å². The molecule has 1 N–H and O–H groups in total. The molecule has 1 aromatic heterocycles. The van der Waals surface area contributed by atoms with Gasteiger partial charge in [-0.15, -0.1) is 10.2 Å². The minimum atomic E-state index is -0.294. The van der Waals surface area contributed by atoms with Crippen molar-refractivity contribution in [2.45, 2.75) is 13.0 Å². The molecule has 0 spiro atoms. The van der Waals surface area contributed by atoms with E-state index in [0.717, 1.165) is 5.69 Å². The van der Waals surface area contributed by atoms with E-state index >= 15 is 0 Å². The molecule has 0 fully saturated rings. The van der Waals surface area contributed by atoms with Crippen LogP contribution in [-0.4, -0.2) is 10.2 Å². The third kappa shape index (κ3) is 3.44. The molecule has 1 heterocycles. The maximum atomic E-state index is 12.9. The maximum absolute atomic E-state index is 12.9. The number of nitrogens with one attached hydrogen (secondary N) is 1. The highest BCUT2D eigenvalue weighted by Crippen LogP contribution is 2.23. The first-order valence-electron chi connectivity index (χ1n) is 6.73. The van der Waals surface area contributed by atoms with Crippen LogP contribution < -0.4 is 5.32 Å². The van der Waals surface area contributed by atoms with Crippen molar-refractivity contribution in [3.63, 3.8) is 0 Å². The number of nitrogens with zero attached hydrogens (tertiary/aromatic N) is 2. The van der Waals surface area contributed by atoms with Crippen molar-refractivity contribution >= 4 is 28.3 Å². The van der Waals surface area contributed by atoms with E-state index in [-0.39, 0.29) is 11.9 Å². The third-order valence-corrected chi connectivity index (χ3v) is 3.85. The lowest BCUT2D eigenvalue weighted by atomic mass is 10.2. The summed E-state index contributed by atoms with van der Waals surface area (Å²) < 4.78 is 19.8. The summed E-state index contributed by atoms with van der Waals surface area (Å²) in [5.41, 5.74) is 1.68. The lowest BCUT2D eigenvalue weighted by Crippen LogP contribution is -2.06. The maximum Gasteiger partial charge on any atom is 0.247 e. The van der Waals surface area contributed by atoms with E-state index in [1.807, 2.05) is 31.2 Å². The number of hydrogen-bond acceptors (Lipinski definition) is 4. The molecule has 1 atom stereocenters. The van der Waals surface area contributed by atoms with Crippen molar-refractivity contribution in [1.82, 2.24) is 10.2 Å². The normalized spacial score (nSPS) is 12.1. The van der Waals surface area contributed by atoms with Crippen LogP contribution in [0, 0.1) is 9.39 Å². The van der Waals surface area contributed by atoms with Crippen LogP contribution >= 0.6 is 22.6 Å². The summed E-state index contributed by atoms with van der Waals surface area (Å²) in [6.45, 7) is 1.94. The van der Waals surface area contributed by atoms with Gasteiger partial charge in [-0.05, 0) is 78.0 Å². The zero-order valence-corrected chi connectivity index (χ0v) is 13.9. The molecule has 112 valence electrons. The second-order valence-electron chi connectivity index (χ2n) is 4.83. The summed E-state index contributed by atoms with van der Waals surface area (Å²) in [6.07, 6.45) is 0. The second kappa shape index (κ2) is 6.43. The molecule has 0 aliphatic heterocycles. The Morgan fingerprint density at radius 3 is 2.41 bits per heavy atom. The van der Waals surface area contributed by atoms with Crippen molar-refractivity contribution in [2.75, 3.05) is 5.32 Å². The van der Waals surface area contributed by atoms with Crippen LogP contribution in [0.25, 0.3) is 11.5 Å². The largest absolute Gasteiger partial charge is 0.418 e. The molecule has 0 bridgehead atoms. The smallest absolute Gasteiger partial charge is 0.247 e. The van der Waals surface area contributed by atoms with Gasteiger partial charge in [0, 0.05) is 14.8 Å². The molecule has 3 aromatic rings. The molecule has 2 aromatic carbocycles. The highest BCUT2D eigenvalue weighted by Gasteiger charge is 2.15. The van der Waals surface area contributed by atoms with Gasteiger partial charge in [0.2, 0.25) is 11.8 Å². The van der Waals surface area contributed by atoms with Gasteiger partial charge in [-0.25, -0.2) is 4.39 Å². The first-order valence-corrected chi connectivity index (χ1v) is 7.81. The van der Waals surface area contributed by atoms with Crippen molar-refractivity contribution in [1.29, 1.82) is 0 Å².